The minimum Gasteiger partial charge on any atom is -0.373 e. The number of Topliss-reactive ketones (excluding diaryl/α,β-unsaturated/α-hetero) is 1. The molecular weight excluding hydrogens is 294 g/mol. The van der Waals surface area contributed by atoms with Crippen LogP contribution in [0.4, 0.5) is 8.78 Å². The molecule has 0 bridgehead atoms. The zero-order valence-electron chi connectivity index (χ0n) is 9.17. The molecule has 1 unspecified atom stereocenters. The second-order valence-corrected chi connectivity index (χ2v) is 4.93. The lowest BCUT2D eigenvalue weighted by Crippen LogP contribution is -2.27. The molecule has 0 spiro atoms. The summed E-state index contributed by atoms with van der Waals surface area (Å²) in [4.78, 5) is 12.0. The molecule has 1 aromatic rings. The van der Waals surface area contributed by atoms with Crippen molar-refractivity contribution in [2.75, 3.05) is 7.11 Å². The van der Waals surface area contributed by atoms with Crippen LogP contribution in [0.15, 0.2) is 16.6 Å². The summed E-state index contributed by atoms with van der Waals surface area (Å²) in [5.74, 6) is -2.24. The predicted molar refractivity (Wildman–Crippen MR) is 61.9 cm³/mol. The number of hydrogen-bond donors (Lipinski definition) is 0. The van der Waals surface area contributed by atoms with Gasteiger partial charge in [0.1, 0.15) is 11.9 Å². The molecule has 1 saturated carbocycles. The van der Waals surface area contributed by atoms with Gasteiger partial charge in [-0.05, 0) is 46.8 Å². The van der Waals surface area contributed by atoms with Crippen LogP contribution in [-0.2, 0) is 4.74 Å². The molecule has 2 rings (SSSR count). The molecule has 1 aliphatic carbocycles. The quantitative estimate of drug-likeness (QED) is 0.630. The lowest BCUT2D eigenvalue weighted by Gasteiger charge is -2.14. The third kappa shape index (κ3) is 2.40. The van der Waals surface area contributed by atoms with E-state index in [2.05, 4.69) is 15.9 Å². The standard InChI is InChI=1S/C12H11BrF2O2/c1-17-12(6-2-3-6)11(16)9-8(14)5-4-7(13)10(9)15/h4-6,12H,2-3H2,1H3. The SMILES string of the molecule is COC(C(=O)c1c(F)ccc(Br)c1F)C1CC1. The maximum atomic E-state index is 13.7. The third-order valence-electron chi connectivity index (χ3n) is 2.85. The van der Waals surface area contributed by atoms with Crippen molar-refractivity contribution in [2.45, 2.75) is 18.9 Å². The number of ether oxygens (including phenoxy) is 1. The topological polar surface area (TPSA) is 26.3 Å². The Morgan fingerprint density at radius 3 is 2.65 bits per heavy atom. The number of carbonyl (C=O) groups is 1. The smallest absolute Gasteiger partial charge is 0.197 e. The normalized spacial score (nSPS) is 16.9. The van der Waals surface area contributed by atoms with E-state index < -0.39 is 29.1 Å². The second-order valence-electron chi connectivity index (χ2n) is 4.08. The molecule has 17 heavy (non-hydrogen) atoms. The molecule has 0 amide bonds. The molecular formula is C12H11BrF2O2. The molecule has 0 aromatic heterocycles. The minimum atomic E-state index is -0.863. The minimum absolute atomic E-state index is 0.0768. The lowest BCUT2D eigenvalue weighted by atomic mass is 10.0. The van der Waals surface area contributed by atoms with Gasteiger partial charge in [-0.1, -0.05) is 0 Å². The van der Waals surface area contributed by atoms with Gasteiger partial charge in [0.05, 0.1) is 10.0 Å². The number of rotatable bonds is 4. The highest BCUT2D eigenvalue weighted by molar-refractivity contribution is 9.10. The monoisotopic (exact) mass is 304 g/mol. The first-order chi connectivity index (χ1) is 8.06. The maximum absolute atomic E-state index is 13.7. The van der Waals surface area contributed by atoms with Crippen LogP contribution in [0.5, 0.6) is 0 Å². The van der Waals surface area contributed by atoms with E-state index in [4.69, 9.17) is 4.74 Å². The predicted octanol–water partition coefficient (Wildman–Crippen LogP) is 3.34. The Bertz CT molecular complexity index is 458. The van der Waals surface area contributed by atoms with Crippen molar-refractivity contribution in [3.05, 3.63) is 33.8 Å². The molecule has 92 valence electrons. The average molecular weight is 305 g/mol. The first-order valence-electron chi connectivity index (χ1n) is 5.26. The zero-order chi connectivity index (χ0) is 12.6. The summed E-state index contributed by atoms with van der Waals surface area (Å²) in [6.45, 7) is 0. The van der Waals surface area contributed by atoms with Crippen LogP contribution in [-0.4, -0.2) is 19.0 Å². The Labute approximate surface area is 106 Å². The van der Waals surface area contributed by atoms with Crippen molar-refractivity contribution in [1.29, 1.82) is 0 Å². The average Bonchev–Trinajstić information content (AvgIpc) is 3.10. The molecule has 1 atom stereocenters. The van der Waals surface area contributed by atoms with E-state index in [1.54, 1.807) is 0 Å². The van der Waals surface area contributed by atoms with Gasteiger partial charge in [0.2, 0.25) is 0 Å². The number of methoxy groups -OCH3 is 1. The largest absolute Gasteiger partial charge is 0.373 e. The Kier molecular flexibility index (Phi) is 3.58. The number of halogens is 3. The fraction of sp³-hybridized carbons (Fsp3) is 0.417. The maximum Gasteiger partial charge on any atom is 0.197 e. The lowest BCUT2D eigenvalue weighted by molar-refractivity contribution is 0.0531. The highest BCUT2D eigenvalue weighted by atomic mass is 79.9. The Morgan fingerprint density at radius 1 is 1.47 bits per heavy atom. The fourth-order valence-corrected chi connectivity index (χ4v) is 2.14. The number of ketones is 1. The van der Waals surface area contributed by atoms with Gasteiger partial charge in [-0.25, -0.2) is 8.78 Å². The van der Waals surface area contributed by atoms with Gasteiger partial charge < -0.3 is 4.74 Å². The van der Waals surface area contributed by atoms with E-state index in [0.717, 1.165) is 18.9 Å². The van der Waals surface area contributed by atoms with Gasteiger partial charge >= 0.3 is 0 Å². The first-order valence-corrected chi connectivity index (χ1v) is 6.06. The van der Waals surface area contributed by atoms with Gasteiger partial charge in [0.15, 0.2) is 11.6 Å². The Hall–Kier alpha value is -0.810. The summed E-state index contributed by atoms with van der Waals surface area (Å²) < 4.78 is 32.4. The molecule has 1 fully saturated rings. The summed E-state index contributed by atoms with van der Waals surface area (Å²) in [6.07, 6.45) is 0.983. The van der Waals surface area contributed by atoms with E-state index in [9.17, 15) is 13.6 Å². The summed E-state index contributed by atoms with van der Waals surface area (Å²) in [5, 5.41) is 0. The van der Waals surface area contributed by atoms with E-state index in [0.29, 0.717) is 0 Å². The highest BCUT2D eigenvalue weighted by Gasteiger charge is 2.38. The van der Waals surface area contributed by atoms with Gasteiger partial charge in [-0.15, -0.1) is 0 Å². The molecule has 0 radical (unpaired) electrons. The van der Waals surface area contributed by atoms with Crippen molar-refractivity contribution in [3.63, 3.8) is 0 Å². The van der Waals surface area contributed by atoms with Crippen molar-refractivity contribution >= 4 is 21.7 Å². The van der Waals surface area contributed by atoms with Crippen LogP contribution in [0.3, 0.4) is 0 Å². The van der Waals surface area contributed by atoms with Gasteiger partial charge in [-0.2, -0.15) is 0 Å². The molecule has 0 aliphatic heterocycles. The van der Waals surface area contributed by atoms with Crippen molar-refractivity contribution in [1.82, 2.24) is 0 Å². The summed E-state index contributed by atoms with van der Waals surface area (Å²) in [6, 6.07) is 2.31. The van der Waals surface area contributed by atoms with Gasteiger partial charge in [0.25, 0.3) is 0 Å². The van der Waals surface area contributed by atoms with E-state index in [1.165, 1.54) is 13.2 Å². The number of hydrogen-bond acceptors (Lipinski definition) is 2. The first kappa shape index (κ1) is 12.6. The molecule has 0 N–H and O–H groups in total. The van der Waals surface area contributed by atoms with Crippen LogP contribution in [0.1, 0.15) is 23.2 Å². The van der Waals surface area contributed by atoms with Crippen molar-refractivity contribution in [2.24, 2.45) is 5.92 Å². The molecule has 1 aliphatic rings. The summed E-state index contributed by atoms with van der Waals surface area (Å²) in [7, 11) is 1.38. The second kappa shape index (κ2) is 4.82. The van der Waals surface area contributed by atoms with Crippen molar-refractivity contribution < 1.29 is 18.3 Å². The Balaban J connectivity index is 2.38. The van der Waals surface area contributed by atoms with Crippen molar-refractivity contribution in [3.8, 4) is 0 Å². The Morgan fingerprint density at radius 2 is 2.12 bits per heavy atom. The van der Waals surface area contributed by atoms with Crippen LogP contribution < -0.4 is 0 Å². The fourth-order valence-electron chi connectivity index (χ4n) is 1.81. The van der Waals surface area contributed by atoms with Gasteiger partial charge in [-0.3, -0.25) is 4.79 Å². The number of benzene rings is 1. The van der Waals surface area contributed by atoms with E-state index in [1.807, 2.05) is 0 Å². The molecule has 5 heteroatoms. The van der Waals surface area contributed by atoms with E-state index >= 15 is 0 Å². The van der Waals surface area contributed by atoms with Crippen LogP contribution in [0.25, 0.3) is 0 Å². The summed E-state index contributed by atoms with van der Waals surface area (Å²) >= 11 is 2.94. The van der Waals surface area contributed by atoms with E-state index in [-0.39, 0.29) is 10.4 Å². The van der Waals surface area contributed by atoms with Crippen LogP contribution in [0, 0.1) is 17.6 Å². The van der Waals surface area contributed by atoms with Gasteiger partial charge in [0, 0.05) is 7.11 Å². The van der Waals surface area contributed by atoms with Crippen LogP contribution in [0.2, 0.25) is 0 Å². The van der Waals surface area contributed by atoms with Crippen LogP contribution >= 0.6 is 15.9 Å². The molecule has 0 saturated heterocycles. The third-order valence-corrected chi connectivity index (χ3v) is 3.47. The number of carbonyl (C=O) groups excluding carboxylic acids is 1. The molecule has 2 nitrogen and oxygen atoms in total. The zero-order valence-corrected chi connectivity index (χ0v) is 10.8. The molecule has 0 heterocycles. The molecule has 1 aromatic carbocycles. The summed E-state index contributed by atoms with van der Waals surface area (Å²) in [5.41, 5.74) is -0.516. The highest BCUT2D eigenvalue weighted by Crippen LogP contribution is 2.36.